The van der Waals surface area contributed by atoms with E-state index in [1.807, 2.05) is 32.0 Å². The van der Waals surface area contributed by atoms with Crippen LogP contribution in [0.15, 0.2) is 41.0 Å². The van der Waals surface area contributed by atoms with Gasteiger partial charge in [0.15, 0.2) is 0 Å². The minimum absolute atomic E-state index is 0.0286. The van der Waals surface area contributed by atoms with Crippen LogP contribution < -0.4 is 10.6 Å². The normalized spacial score (nSPS) is 12.6. The Morgan fingerprint density at radius 2 is 2.00 bits per heavy atom. The van der Waals surface area contributed by atoms with Gasteiger partial charge in [0.2, 0.25) is 5.91 Å². The Kier molecular flexibility index (Phi) is 5.44. The number of nitrogens with one attached hydrogen (secondary N) is 2. The van der Waals surface area contributed by atoms with Crippen LogP contribution in [-0.2, 0) is 29.4 Å². The van der Waals surface area contributed by atoms with Gasteiger partial charge in [-0.1, -0.05) is 17.2 Å². The Morgan fingerprint density at radius 3 is 2.72 bits per heavy atom. The number of hydrogen-bond acceptors (Lipinski definition) is 5. The first-order chi connectivity index (χ1) is 14.0. The van der Waals surface area contributed by atoms with Crippen LogP contribution in [0, 0.1) is 13.8 Å². The van der Waals surface area contributed by atoms with Gasteiger partial charge in [-0.15, -0.1) is 0 Å². The highest BCUT2D eigenvalue weighted by Gasteiger charge is 2.25. The SMILES string of the molecule is Cc1cc(C)cc(C(=O)Nc2c3c(nn2CC(=O)NCc2ccco2)CSC3)c1. The highest BCUT2D eigenvalue weighted by atomic mass is 32.2. The molecule has 7 nitrogen and oxygen atoms in total. The van der Waals surface area contributed by atoms with E-state index in [0.717, 1.165) is 33.9 Å². The first-order valence-electron chi connectivity index (χ1n) is 9.34. The number of aromatic nitrogens is 2. The summed E-state index contributed by atoms with van der Waals surface area (Å²) in [5, 5.41) is 10.4. The Balaban J connectivity index is 1.51. The summed E-state index contributed by atoms with van der Waals surface area (Å²) in [7, 11) is 0. The average Bonchev–Trinajstić information content (AvgIpc) is 3.39. The summed E-state index contributed by atoms with van der Waals surface area (Å²) in [6, 6.07) is 9.31. The molecule has 1 aliphatic rings. The van der Waals surface area contributed by atoms with Crippen molar-refractivity contribution in [1.82, 2.24) is 15.1 Å². The number of fused-ring (bicyclic) bond motifs is 1. The maximum Gasteiger partial charge on any atom is 0.256 e. The van der Waals surface area contributed by atoms with Gasteiger partial charge in [-0.05, 0) is 38.1 Å². The van der Waals surface area contributed by atoms with Crippen LogP contribution in [-0.4, -0.2) is 21.6 Å². The Labute approximate surface area is 172 Å². The molecule has 1 aromatic carbocycles. The van der Waals surface area contributed by atoms with Gasteiger partial charge in [-0.3, -0.25) is 9.59 Å². The van der Waals surface area contributed by atoms with Gasteiger partial charge in [0.1, 0.15) is 18.1 Å². The summed E-state index contributed by atoms with van der Waals surface area (Å²) in [4.78, 5) is 25.3. The summed E-state index contributed by atoms with van der Waals surface area (Å²) in [5.41, 5.74) is 4.57. The molecule has 2 amide bonds. The molecule has 0 radical (unpaired) electrons. The Bertz CT molecular complexity index is 1040. The number of carbonyl (C=O) groups is 2. The minimum Gasteiger partial charge on any atom is -0.467 e. The van der Waals surface area contributed by atoms with Crippen LogP contribution in [0.5, 0.6) is 0 Å². The monoisotopic (exact) mass is 410 g/mol. The largest absolute Gasteiger partial charge is 0.467 e. The Hall–Kier alpha value is -3.00. The van der Waals surface area contributed by atoms with Crippen LogP contribution in [0.2, 0.25) is 0 Å². The molecule has 0 saturated carbocycles. The molecule has 8 heteroatoms. The van der Waals surface area contributed by atoms with Crippen molar-refractivity contribution >= 4 is 29.4 Å². The van der Waals surface area contributed by atoms with Crippen LogP contribution >= 0.6 is 11.8 Å². The molecule has 150 valence electrons. The average molecular weight is 410 g/mol. The van der Waals surface area contributed by atoms with Gasteiger partial charge in [0, 0.05) is 22.6 Å². The molecule has 4 rings (SSSR count). The summed E-state index contributed by atoms with van der Waals surface area (Å²) >= 11 is 1.75. The molecular weight excluding hydrogens is 388 g/mol. The van der Waals surface area contributed by atoms with Crippen molar-refractivity contribution in [3.63, 3.8) is 0 Å². The van der Waals surface area contributed by atoms with Crippen molar-refractivity contribution in [3.05, 3.63) is 70.3 Å². The molecule has 0 bridgehead atoms. The van der Waals surface area contributed by atoms with E-state index in [-0.39, 0.29) is 18.4 Å². The predicted molar refractivity (Wildman–Crippen MR) is 112 cm³/mol. The van der Waals surface area contributed by atoms with Crippen molar-refractivity contribution in [2.75, 3.05) is 5.32 Å². The number of nitrogens with zero attached hydrogens (tertiary/aromatic N) is 2. The van der Waals surface area contributed by atoms with Crippen molar-refractivity contribution in [1.29, 1.82) is 0 Å². The quantitative estimate of drug-likeness (QED) is 0.650. The molecule has 0 unspecified atom stereocenters. The van der Waals surface area contributed by atoms with Crippen LogP contribution in [0.25, 0.3) is 0 Å². The number of aryl methyl sites for hydroxylation is 2. The third-order valence-corrected chi connectivity index (χ3v) is 5.64. The van der Waals surface area contributed by atoms with Gasteiger partial charge >= 0.3 is 0 Å². The molecule has 0 atom stereocenters. The number of anilines is 1. The fourth-order valence-corrected chi connectivity index (χ4v) is 4.43. The highest BCUT2D eigenvalue weighted by Crippen LogP contribution is 2.35. The van der Waals surface area contributed by atoms with Crippen LogP contribution in [0.4, 0.5) is 5.82 Å². The number of amides is 2. The molecule has 0 aliphatic carbocycles. The first-order valence-corrected chi connectivity index (χ1v) is 10.5. The summed E-state index contributed by atoms with van der Waals surface area (Å²) < 4.78 is 6.82. The van der Waals surface area contributed by atoms with E-state index in [4.69, 9.17) is 4.42 Å². The van der Waals surface area contributed by atoms with Gasteiger partial charge in [0.25, 0.3) is 5.91 Å². The second-order valence-corrected chi connectivity index (χ2v) is 8.10. The van der Waals surface area contributed by atoms with Gasteiger partial charge in [-0.25, -0.2) is 4.68 Å². The summed E-state index contributed by atoms with van der Waals surface area (Å²) in [6.07, 6.45) is 1.57. The molecule has 29 heavy (non-hydrogen) atoms. The third kappa shape index (κ3) is 4.37. The van der Waals surface area contributed by atoms with E-state index in [0.29, 0.717) is 23.7 Å². The van der Waals surface area contributed by atoms with Gasteiger partial charge in [0.05, 0.1) is 18.5 Å². The van der Waals surface area contributed by atoms with E-state index in [9.17, 15) is 9.59 Å². The minimum atomic E-state index is -0.200. The predicted octanol–water partition coefficient (Wildman–Crippen LogP) is 3.41. The van der Waals surface area contributed by atoms with Gasteiger partial charge in [-0.2, -0.15) is 16.9 Å². The topological polar surface area (TPSA) is 89.2 Å². The molecular formula is C21H22N4O3S. The number of benzene rings is 1. The van der Waals surface area contributed by atoms with E-state index in [2.05, 4.69) is 15.7 Å². The van der Waals surface area contributed by atoms with E-state index >= 15 is 0 Å². The zero-order valence-corrected chi connectivity index (χ0v) is 17.1. The molecule has 2 aromatic heterocycles. The number of rotatable bonds is 6. The van der Waals surface area contributed by atoms with Gasteiger partial charge < -0.3 is 15.1 Å². The maximum absolute atomic E-state index is 12.9. The van der Waals surface area contributed by atoms with E-state index in [1.54, 1.807) is 34.8 Å². The number of furan rings is 1. The fraction of sp³-hybridized carbons (Fsp3) is 0.286. The van der Waals surface area contributed by atoms with Crippen molar-refractivity contribution < 1.29 is 14.0 Å². The summed E-state index contributed by atoms with van der Waals surface area (Å²) in [6.45, 7) is 4.27. The molecule has 2 N–H and O–H groups in total. The lowest BCUT2D eigenvalue weighted by molar-refractivity contribution is -0.122. The molecule has 3 heterocycles. The highest BCUT2D eigenvalue weighted by molar-refractivity contribution is 7.98. The molecule has 0 saturated heterocycles. The maximum atomic E-state index is 12.9. The molecule has 0 fully saturated rings. The van der Waals surface area contributed by atoms with Crippen LogP contribution in [0.3, 0.4) is 0 Å². The zero-order chi connectivity index (χ0) is 20.4. The lowest BCUT2D eigenvalue weighted by Crippen LogP contribution is -2.28. The van der Waals surface area contributed by atoms with E-state index in [1.165, 1.54) is 0 Å². The lowest BCUT2D eigenvalue weighted by atomic mass is 10.1. The second kappa shape index (κ2) is 8.16. The van der Waals surface area contributed by atoms with Crippen LogP contribution in [0.1, 0.15) is 38.5 Å². The summed E-state index contributed by atoms with van der Waals surface area (Å²) in [5.74, 6) is 2.43. The fourth-order valence-electron chi connectivity index (χ4n) is 3.40. The first kappa shape index (κ1) is 19.3. The van der Waals surface area contributed by atoms with Crippen molar-refractivity contribution in [3.8, 4) is 0 Å². The smallest absolute Gasteiger partial charge is 0.256 e. The molecule has 0 spiro atoms. The Morgan fingerprint density at radius 1 is 1.21 bits per heavy atom. The van der Waals surface area contributed by atoms with Crippen molar-refractivity contribution in [2.45, 2.75) is 38.4 Å². The number of thioether (sulfide) groups is 1. The number of hydrogen-bond donors (Lipinski definition) is 2. The second-order valence-electron chi connectivity index (χ2n) is 7.11. The zero-order valence-electron chi connectivity index (χ0n) is 16.3. The van der Waals surface area contributed by atoms with E-state index < -0.39 is 0 Å². The molecule has 1 aliphatic heterocycles. The lowest BCUT2D eigenvalue weighted by Gasteiger charge is -2.12. The van der Waals surface area contributed by atoms with Crippen molar-refractivity contribution in [2.24, 2.45) is 0 Å². The number of carbonyl (C=O) groups excluding carboxylic acids is 2. The standard InChI is InChI=1S/C21H22N4O3S/c1-13-6-14(2)8-15(7-13)21(27)23-20-17-11-29-12-18(17)24-25(20)10-19(26)22-9-16-4-3-5-28-16/h3-8H,9-12H2,1-2H3,(H,22,26)(H,23,27). The third-order valence-electron chi connectivity index (χ3n) is 4.67. The molecule has 3 aromatic rings.